The van der Waals surface area contributed by atoms with Crippen molar-refractivity contribution in [2.45, 2.75) is 19.4 Å². The van der Waals surface area contributed by atoms with E-state index in [2.05, 4.69) is 10.4 Å². The van der Waals surface area contributed by atoms with Crippen LogP contribution >= 0.6 is 0 Å². The van der Waals surface area contributed by atoms with Crippen molar-refractivity contribution in [2.75, 3.05) is 16.8 Å². The lowest BCUT2D eigenvalue weighted by molar-refractivity contribution is 0.102. The fraction of sp³-hybridized carbons (Fsp3) is 0.208. The molecule has 0 radical (unpaired) electrons. The van der Waals surface area contributed by atoms with Gasteiger partial charge in [0.05, 0.1) is 39.9 Å². The Morgan fingerprint density at radius 1 is 1.09 bits per heavy atom. The van der Waals surface area contributed by atoms with E-state index in [0.717, 1.165) is 17.7 Å². The molecule has 1 amide bonds. The van der Waals surface area contributed by atoms with Crippen molar-refractivity contribution >= 4 is 32.5 Å². The maximum Gasteiger partial charge on any atom is 0.256 e. The lowest BCUT2D eigenvalue weighted by Gasteiger charge is -2.12. The zero-order valence-corrected chi connectivity index (χ0v) is 18.9. The van der Waals surface area contributed by atoms with Crippen LogP contribution in [-0.4, -0.2) is 40.6 Å². The third-order valence-corrected chi connectivity index (χ3v) is 7.63. The topological polar surface area (TPSA) is 93.9 Å². The number of amides is 1. The Hall–Kier alpha value is -3.66. The largest absolute Gasteiger partial charge is 0.322 e. The second-order valence-electron chi connectivity index (χ2n) is 8.29. The fourth-order valence-corrected chi connectivity index (χ4v) is 5.94. The quantitative estimate of drug-likeness (QED) is 0.468. The Morgan fingerprint density at radius 3 is 2.53 bits per heavy atom. The molecule has 3 heterocycles. The van der Waals surface area contributed by atoms with Gasteiger partial charge in [-0.1, -0.05) is 30.3 Å². The number of hydrogen-bond donors (Lipinski definition) is 1. The molecule has 1 aliphatic heterocycles. The molecule has 4 aromatic rings. The maximum absolute atomic E-state index is 13.7. The number of aryl methyl sites for hydroxylation is 1. The Labute approximate surface area is 194 Å². The minimum atomic E-state index is -3.17. The van der Waals surface area contributed by atoms with Gasteiger partial charge in [0.25, 0.3) is 5.91 Å². The van der Waals surface area contributed by atoms with E-state index in [1.807, 2.05) is 30.3 Å². The number of rotatable bonds is 4. The summed E-state index contributed by atoms with van der Waals surface area (Å²) in [6.07, 6.45) is 0.409. The summed E-state index contributed by atoms with van der Waals surface area (Å²) in [5.74, 6) is -2.61. The van der Waals surface area contributed by atoms with Gasteiger partial charge in [-0.05, 0) is 31.5 Å². The number of carbonyl (C=O) groups is 1. The maximum atomic E-state index is 13.7. The highest BCUT2D eigenvalue weighted by molar-refractivity contribution is 7.91. The van der Waals surface area contributed by atoms with Gasteiger partial charge in [0, 0.05) is 17.3 Å². The lowest BCUT2D eigenvalue weighted by Crippen LogP contribution is -2.15. The first-order valence-electron chi connectivity index (χ1n) is 10.6. The molecular formula is C24H20F2N4O3S. The average Bonchev–Trinajstić information content (AvgIpc) is 3.35. The number of aromatic nitrogens is 3. The molecule has 1 atom stereocenters. The average molecular weight is 483 g/mol. The Morgan fingerprint density at radius 2 is 1.85 bits per heavy atom. The van der Waals surface area contributed by atoms with Crippen molar-refractivity contribution < 1.29 is 22.0 Å². The van der Waals surface area contributed by atoms with Crippen LogP contribution in [-0.2, 0) is 9.84 Å². The van der Waals surface area contributed by atoms with Gasteiger partial charge in [-0.2, -0.15) is 5.10 Å². The molecule has 7 nitrogen and oxygen atoms in total. The fourth-order valence-electron chi connectivity index (χ4n) is 4.24. The molecule has 0 saturated carbocycles. The van der Waals surface area contributed by atoms with Crippen molar-refractivity contribution in [3.63, 3.8) is 0 Å². The van der Waals surface area contributed by atoms with Gasteiger partial charge < -0.3 is 5.32 Å². The minimum absolute atomic E-state index is 0.0448. The Kier molecular flexibility index (Phi) is 5.40. The molecule has 0 aliphatic carbocycles. The predicted molar refractivity (Wildman–Crippen MR) is 124 cm³/mol. The van der Waals surface area contributed by atoms with Crippen LogP contribution in [0.2, 0.25) is 0 Å². The van der Waals surface area contributed by atoms with E-state index in [-0.39, 0.29) is 28.8 Å². The van der Waals surface area contributed by atoms with Crippen molar-refractivity contribution in [3.05, 3.63) is 77.5 Å². The van der Waals surface area contributed by atoms with E-state index in [1.165, 1.54) is 6.07 Å². The summed E-state index contributed by atoms with van der Waals surface area (Å²) in [6.45, 7) is 1.72. The van der Waals surface area contributed by atoms with Gasteiger partial charge in [-0.15, -0.1) is 0 Å². The second-order valence-corrected chi connectivity index (χ2v) is 10.5. The number of anilines is 1. The third-order valence-electron chi connectivity index (χ3n) is 5.88. The van der Waals surface area contributed by atoms with Crippen molar-refractivity contribution in [1.29, 1.82) is 0 Å². The van der Waals surface area contributed by atoms with Gasteiger partial charge in [0.1, 0.15) is 0 Å². The summed E-state index contributed by atoms with van der Waals surface area (Å²) >= 11 is 0. The molecule has 0 bridgehead atoms. The van der Waals surface area contributed by atoms with Crippen LogP contribution in [0.15, 0.2) is 54.6 Å². The first kappa shape index (κ1) is 22.1. The molecular weight excluding hydrogens is 462 g/mol. The zero-order chi connectivity index (χ0) is 24.0. The number of nitrogens with one attached hydrogen (secondary N) is 1. The number of nitrogens with zero attached hydrogens (tertiary/aromatic N) is 3. The van der Waals surface area contributed by atoms with E-state index < -0.39 is 27.4 Å². The third kappa shape index (κ3) is 4.05. The normalized spacial score (nSPS) is 17.2. The molecule has 1 saturated heterocycles. The van der Waals surface area contributed by atoms with Crippen LogP contribution in [0.4, 0.5) is 14.5 Å². The summed E-state index contributed by atoms with van der Waals surface area (Å²) in [5, 5.41) is 7.63. The number of halogens is 2. The highest BCUT2D eigenvalue weighted by atomic mass is 32.2. The molecule has 10 heteroatoms. The predicted octanol–water partition coefficient (Wildman–Crippen LogP) is 4.30. The van der Waals surface area contributed by atoms with Crippen LogP contribution in [0.25, 0.3) is 22.3 Å². The van der Waals surface area contributed by atoms with Gasteiger partial charge in [0.15, 0.2) is 27.1 Å². The van der Waals surface area contributed by atoms with Gasteiger partial charge in [0.2, 0.25) is 0 Å². The van der Waals surface area contributed by atoms with Crippen molar-refractivity contribution in [2.24, 2.45) is 0 Å². The molecule has 1 aliphatic rings. The molecule has 1 unspecified atom stereocenters. The Balaban J connectivity index is 1.66. The number of pyridine rings is 1. The molecule has 1 fully saturated rings. The molecule has 1 N–H and O–H groups in total. The first-order valence-corrected chi connectivity index (χ1v) is 12.5. The number of sulfone groups is 1. The van der Waals surface area contributed by atoms with Crippen LogP contribution in [0.3, 0.4) is 0 Å². The van der Waals surface area contributed by atoms with Crippen LogP contribution < -0.4 is 5.32 Å². The number of hydrogen-bond acceptors (Lipinski definition) is 5. The molecule has 5 rings (SSSR count). The van der Waals surface area contributed by atoms with Crippen LogP contribution in [0.5, 0.6) is 0 Å². The summed E-state index contributed by atoms with van der Waals surface area (Å²) in [7, 11) is -3.17. The number of carbonyl (C=O) groups excluding carboxylic acids is 1. The van der Waals surface area contributed by atoms with Crippen molar-refractivity contribution in [3.8, 4) is 11.3 Å². The van der Waals surface area contributed by atoms with E-state index in [4.69, 9.17) is 4.98 Å². The Bertz CT molecular complexity index is 1540. The highest BCUT2D eigenvalue weighted by Crippen LogP contribution is 2.32. The monoisotopic (exact) mass is 482 g/mol. The summed E-state index contributed by atoms with van der Waals surface area (Å²) in [5.41, 5.74) is 2.53. The molecule has 2 aromatic heterocycles. The van der Waals surface area contributed by atoms with Gasteiger partial charge in [-0.25, -0.2) is 26.9 Å². The lowest BCUT2D eigenvalue weighted by atomic mass is 10.0. The van der Waals surface area contributed by atoms with E-state index in [1.54, 1.807) is 17.7 Å². The molecule has 2 aromatic carbocycles. The smallest absolute Gasteiger partial charge is 0.256 e. The molecule has 34 heavy (non-hydrogen) atoms. The number of benzene rings is 2. The molecule has 174 valence electrons. The van der Waals surface area contributed by atoms with Crippen molar-refractivity contribution in [1.82, 2.24) is 14.8 Å². The summed E-state index contributed by atoms with van der Waals surface area (Å²) in [6, 6.07) is 13.6. The zero-order valence-electron chi connectivity index (χ0n) is 18.1. The van der Waals surface area contributed by atoms with Crippen LogP contribution in [0.1, 0.15) is 28.5 Å². The van der Waals surface area contributed by atoms with Gasteiger partial charge >= 0.3 is 0 Å². The minimum Gasteiger partial charge on any atom is -0.322 e. The standard InChI is InChI=1S/C24H20F2N4O3S/c1-14-22-18(24(31)27-16-7-8-19(25)20(26)11-16)12-21(15-5-3-2-4-6-15)28-23(22)30(29-14)17-9-10-34(32,33)13-17/h2-8,11-12,17H,9-10,13H2,1H3,(H,27,31). The SMILES string of the molecule is Cc1nn(C2CCS(=O)(=O)C2)c2nc(-c3ccccc3)cc(C(=O)Nc3ccc(F)c(F)c3)c12. The summed E-state index contributed by atoms with van der Waals surface area (Å²) in [4.78, 5) is 18.1. The summed E-state index contributed by atoms with van der Waals surface area (Å²) < 4.78 is 52.8. The van der Waals surface area contributed by atoms with E-state index in [9.17, 15) is 22.0 Å². The number of fused-ring (bicyclic) bond motifs is 1. The van der Waals surface area contributed by atoms with Gasteiger partial charge in [-0.3, -0.25) is 4.79 Å². The second kappa shape index (κ2) is 8.28. The molecule has 0 spiro atoms. The first-order chi connectivity index (χ1) is 16.2. The highest BCUT2D eigenvalue weighted by Gasteiger charge is 2.32. The van der Waals surface area contributed by atoms with E-state index in [0.29, 0.717) is 28.8 Å². The van der Waals surface area contributed by atoms with E-state index >= 15 is 0 Å². The van der Waals surface area contributed by atoms with Crippen LogP contribution in [0, 0.1) is 18.6 Å².